The summed E-state index contributed by atoms with van der Waals surface area (Å²) >= 11 is 0. The van der Waals surface area contributed by atoms with Gasteiger partial charge >= 0.3 is 0 Å². The van der Waals surface area contributed by atoms with Crippen LogP contribution in [0.1, 0.15) is 25.0 Å². The second-order valence-electron chi connectivity index (χ2n) is 6.81. The van der Waals surface area contributed by atoms with E-state index in [2.05, 4.69) is 10.6 Å². The number of carbonyl (C=O) groups excluding carboxylic acids is 2. The molecule has 0 saturated carbocycles. The number of carbonyl (C=O) groups is 2. The van der Waals surface area contributed by atoms with Crippen molar-refractivity contribution in [3.63, 3.8) is 0 Å². The SMILES string of the molecule is Cc1ccc(NC(=O)CNC(=O)[C@@H](N)C(C)C)c(OCc2ccccc2)c1. The fourth-order valence-electron chi connectivity index (χ4n) is 2.37. The number of ether oxygens (including phenoxy) is 1. The lowest BCUT2D eigenvalue weighted by atomic mass is 10.1. The third-order valence-corrected chi connectivity index (χ3v) is 4.09. The van der Waals surface area contributed by atoms with Crippen molar-refractivity contribution in [2.75, 3.05) is 11.9 Å². The summed E-state index contributed by atoms with van der Waals surface area (Å²) in [5.41, 5.74) is 8.38. The predicted molar refractivity (Wildman–Crippen MR) is 106 cm³/mol. The first-order valence-electron chi connectivity index (χ1n) is 8.97. The average Bonchev–Trinajstić information content (AvgIpc) is 2.66. The minimum absolute atomic E-state index is 0.00292. The Morgan fingerprint density at radius 2 is 1.81 bits per heavy atom. The highest BCUT2D eigenvalue weighted by Gasteiger charge is 2.18. The van der Waals surface area contributed by atoms with Crippen LogP contribution in [0.4, 0.5) is 5.69 Å². The minimum atomic E-state index is -0.637. The van der Waals surface area contributed by atoms with Crippen molar-refractivity contribution >= 4 is 17.5 Å². The van der Waals surface area contributed by atoms with E-state index in [0.29, 0.717) is 18.0 Å². The molecule has 2 rings (SSSR count). The fourth-order valence-corrected chi connectivity index (χ4v) is 2.37. The van der Waals surface area contributed by atoms with Gasteiger partial charge in [-0.05, 0) is 36.1 Å². The molecule has 1 atom stereocenters. The lowest BCUT2D eigenvalue weighted by Gasteiger charge is -2.16. The first-order valence-corrected chi connectivity index (χ1v) is 8.97. The van der Waals surface area contributed by atoms with Gasteiger partial charge in [-0.15, -0.1) is 0 Å². The molecular weight excluding hydrogens is 342 g/mol. The van der Waals surface area contributed by atoms with Crippen molar-refractivity contribution < 1.29 is 14.3 Å². The standard InChI is InChI=1S/C21H27N3O3/c1-14(2)20(22)21(26)23-12-19(25)24-17-10-9-15(3)11-18(17)27-13-16-7-5-4-6-8-16/h4-11,14,20H,12-13,22H2,1-3H3,(H,23,26)(H,24,25)/t20-/m0/s1. The third kappa shape index (κ3) is 6.42. The van der Waals surface area contributed by atoms with Crippen LogP contribution in [0.2, 0.25) is 0 Å². The molecule has 0 aliphatic carbocycles. The number of amides is 2. The van der Waals surface area contributed by atoms with Gasteiger partial charge in [-0.1, -0.05) is 50.2 Å². The van der Waals surface area contributed by atoms with E-state index < -0.39 is 6.04 Å². The highest BCUT2D eigenvalue weighted by molar-refractivity contribution is 5.96. The van der Waals surface area contributed by atoms with Crippen molar-refractivity contribution in [1.29, 1.82) is 0 Å². The van der Waals surface area contributed by atoms with E-state index in [1.807, 2.05) is 63.2 Å². The number of benzene rings is 2. The van der Waals surface area contributed by atoms with Gasteiger partial charge in [0.2, 0.25) is 11.8 Å². The summed E-state index contributed by atoms with van der Waals surface area (Å²) in [6.45, 7) is 5.91. The lowest BCUT2D eigenvalue weighted by Crippen LogP contribution is -2.46. The third-order valence-electron chi connectivity index (χ3n) is 4.09. The maximum absolute atomic E-state index is 12.2. The van der Waals surface area contributed by atoms with Gasteiger partial charge in [-0.2, -0.15) is 0 Å². The smallest absolute Gasteiger partial charge is 0.243 e. The van der Waals surface area contributed by atoms with Crippen molar-refractivity contribution in [2.45, 2.75) is 33.4 Å². The fraction of sp³-hybridized carbons (Fsp3) is 0.333. The average molecular weight is 369 g/mol. The Morgan fingerprint density at radius 3 is 2.48 bits per heavy atom. The molecule has 2 amide bonds. The molecule has 2 aromatic carbocycles. The highest BCUT2D eigenvalue weighted by atomic mass is 16.5. The van der Waals surface area contributed by atoms with Crippen LogP contribution in [-0.2, 0) is 16.2 Å². The number of aryl methyl sites for hydroxylation is 1. The molecule has 0 saturated heterocycles. The Morgan fingerprint density at radius 1 is 1.11 bits per heavy atom. The Labute approximate surface area is 160 Å². The molecule has 0 fully saturated rings. The zero-order chi connectivity index (χ0) is 19.8. The molecule has 0 aliphatic heterocycles. The largest absolute Gasteiger partial charge is 0.487 e. The number of hydrogen-bond acceptors (Lipinski definition) is 4. The number of nitrogens with two attached hydrogens (primary N) is 1. The Kier molecular flexibility index (Phi) is 7.37. The molecule has 4 N–H and O–H groups in total. The van der Waals surface area contributed by atoms with Gasteiger partial charge in [0.1, 0.15) is 12.4 Å². The Hall–Kier alpha value is -2.86. The van der Waals surface area contributed by atoms with Gasteiger partial charge < -0.3 is 21.1 Å². The number of anilines is 1. The Bertz CT molecular complexity index is 775. The predicted octanol–water partition coefficient (Wildman–Crippen LogP) is 2.61. The van der Waals surface area contributed by atoms with Gasteiger partial charge in [0, 0.05) is 0 Å². The first-order chi connectivity index (χ1) is 12.9. The number of rotatable bonds is 8. The molecule has 0 radical (unpaired) electrons. The summed E-state index contributed by atoms with van der Waals surface area (Å²) in [4.78, 5) is 24.1. The van der Waals surface area contributed by atoms with Gasteiger partial charge in [0.15, 0.2) is 0 Å². The summed E-state index contributed by atoms with van der Waals surface area (Å²) in [7, 11) is 0. The molecular formula is C21H27N3O3. The molecule has 6 nitrogen and oxygen atoms in total. The van der Waals surface area contributed by atoms with E-state index in [1.165, 1.54) is 0 Å². The quantitative estimate of drug-likeness (QED) is 0.667. The van der Waals surface area contributed by atoms with Gasteiger partial charge in [-0.25, -0.2) is 0 Å². The Balaban J connectivity index is 1.97. The minimum Gasteiger partial charge on any atom is -0.487 e. The van der Waals surface area contributed by atoms with Crippen LogP contribution in [0.15, 0.2) is 48.5 Å². The van der Waals surface area contributed by atoms with Crippen LogP contribution in [0.3, 0.4) is 0 Å². The second kappa shape index (κ2) is 9.73. The van der Waals surface area contributed by atoms with E-state index >= 15 is 0 Å². The number of nitrogens with one attached hydrogen (secondary N) is 2. The molecule has 0 unspecified atom stereocenters. The highest BCUT2D eigenvalue weighted by Crippen LogP contribution is 2.26. The van der Waals surface area contributed by atoms with Gasteiger partial charge in [0.25, 0.3) is 0 Å². The first kappa shape index (κ1) is 20.5. The molecule has 144 valence electrons. The number of hydrogen-bond donors (Lipinski definition) is 3. The normalized spacial score (nSPS) is 11.7. The van der Waals surface area contributed by atoms with Crippen molar-refractivity contribution in [1.82, 2.24) is 5.32 Å². The summed E-state index contributed by atoms with van der Waals surface area (Å²) in [5.74, 6) is -0.0992. The second-order valence-corrected chi connectivity index (χ2v) is 6.81. The van der Waals surface area contributed by atoms with E-state index in [9.17, 15) is 9.59 Å². The van der Waals surface area contributed by atoms with E-state index in [1.54, 1.807) is 6.07 Å². The van der Waals surface area contributed by atoms with Crippen molar-refractivity contribution in [3.8, 4) is 5.75 Å². The summed E-state index contributed by atoms with van der Waals surface area (Å²) in [6, 6.07) is 14.7. The van der Waals surface area contributed by atoms with Crippen LogP contribution in [0, 0.1) is 12.8 Å². The zero-order valence-electron chi connectivity index (χ0n) is 16.0. The lowest BCUT2D eigenvalue weighted by molar-refractivity contribution is -0.125. The topological polar surface area (TPSA) is 93.5 Å². The molecule has 27 heavy (non-hydrogen) atoms. The van der Waals surface area contributed by atoms with Crippen LogP contribution in [-0.4, -0.2) is 24.4 Å². The van der Waals surface area contributed by atoms with Gasteiger partial charge in [0.05, 0.1) is 18.3 Å². The molecule has 0 aliphatic rings. The van der Waals surface area contributed by atoms with Crippen molar-refractivity contribution in [3.05, 3.63) is 59.7 Å². The van der Waals surface area contributed by atoms with Crippen LogP contribution < -0.4 is 21.1 Å². The summed E-state index contributed by atoms with van der Waals surface area (Å²) in [5, 5.41) is 5.33. The van der Waals surface area contributed by atoms with Crippen LogP contribution >= 0.6 is 0 Å². The molecule has 6 heteroatoms. The molecule has 0 heterocycles. The maximum Gasteiger partial charge on any atom is 0.243 e. The molecule has 2 aromatic rings. The van der Waals surface area contributed by atoms with Crippen molar-refractivity contribution in [2.24, 2.45) is 11.7 Å². The van der Waals surface area contributed by atoms with E-state index in [-0.39, 0.29) is 24.3 Å². The van der Waals surface area contributed by atoms with E-state index in [4.69, 9.17) is 10.5 Å². The van der Waals surface area contributed by atoms with Crippen LogP contribution in [0.25, 0.3) is 0 Å². The van der Waals surface area contributed by atoms with E-state index in [0.717, 1.165) is 11.1 Å². The molecule has 0 aromatic heterocycles. The summed E-state index contributed by atoms with van der Waals surface area (Å²) < 4.78 is 5.88. The zero-order valence-corrected chi connectivity index (χ0v) is 16.0. The van der Waals surface area contributed by atoms with Gasteiger partial charge in [-0.3, -0.25) is 9.59 Å². The molecule has 0 bridgehead atoms. The maximum atomic E-state index is 12.2. The monoisotopic (exact) mass is 369 g/mol. The summed E-state index contributed by atoms with van der Waals surface area (Å²) in [6.07, 6.45) is 0. The molecule has 0 spiro atoms. The van der Waals surface area contributed by atoms with Crippen LogP contribution in [0.5, 0.6) is 5.75 Å².